The van der Waals surface area contributed by atoms with Crippen LogP contribution in [-0.4, -0.2) is 73.1 Å². The van der Waals surface area contributed by atoms with Crippen LogP contribution < -0.4 is 10.6 Å². The van der Waals surface area contributed by atoms with Crippen LogP contribution in [0.25, 0.3) is 12.2 Å². The predicted molar refractivity (Wildman–Crippen MR) is 176 cm³/mol. The van der Waals surface area contributed by atoms with Crippen molar-refractivity contribution >= 4 is 47.2 Å². The van der Waals surface area contributed by atoms with Gasteiger partial charge in [-0.3, -0.25) is 19.2 Å². The molecule has 2 aromatic carbocycles. The Kier molecular flexibility index (Phi) is 8.82. The first-order valence-electron chi connectivity index (χ1n) is 15.5. The molecule has 2 aliphatic heterocycles. The van der Waals surface area contributed by atoms with Gasteiger partial charge in [0.1, 0.15) is 17.8 Å². The van der Waals surface area contributed by atoms with Crippen LogP contribution in [0.15, 0.2) is 73.2 Å². The first-order chi connectivity index (χ1) is 22.3. The molecule has 3 N–H and O–H groups in total. The molecule has 11 nitrogen and oxygen atoms in total. The molecule has 11 heteroatoms. The molecule has 2 atom stereocenters. The Hall–Kier alpha value is -5.45. The molecule has 236 valence electrons. The lowest BCUT2D eigenvalue weighted by atomic mass is 10.1. The second-order valence-corrected chi connectivity index (χ2v) is 11.8. The summed E-state index contributed by atoms with van der Waals surface area (Å²) in [6, 6.07) is 15.8. The maximum absolute atomic E-state index is 13.1. The van der Waals surface area contributed by atoms with E-state index in [0.29, 0.717) is 48.8 Å². The molecular weight excluding hydrogens is 582 g/mol. The summed E-state index contributed by atoms with van der Waals surface area (Å²) in [6.45, 7) is 2.95. The second-order valence-electron chi connectivity index (χ2n) is 11.8. The van der Waals surface area contributed by atoms with Gasteiger partial charge in [-0.25, -0.2) is 4.98 Å². The Bertz CT molecular complexity index is 1640. The van der Waals surface area contributed by atoms with Crippen molar-refractivity contribution in [3.05, 3.63) is 101 Å². The Labute approximate surface area is 267 Å². The molecule has 4 aromatic rings. The van der Waals surface area contributed by atoms with Gasteiger partial charge < -0.3 is 30.0 Å². The van der Waals surface area contributed by atoms with E-state index in [0.717, 1.165) is 29.5 Å². The Morgan fingerprint density at radius 2 is 1.30 bits per heavy atom. The van der Waals surface area contributed by atoms with Crippen LogP contribution in [0.5, 0.6) is 0 Å². The summed E-state index contributed by atoms with van der Waals surface area (Å²) in [5.41, 5.74) is 4.62. The van der Waals surface area contributed by atoms with Gasteiger partial charge in [0.25, 0.3) is 11.8 Å². The van der Waals surface area contributed by atoms with Crippen LogP contribution in [0.2, 0.25) is 0 Å². The molecule has 4 amide bonds. The fourth-order valence-electron chi connectivity index (χ4n) is 6.08. The third-order valence-electron chi connectivity index (χ3n) is 8.64. The number of benzene rings is 2. The van der Waals surface area contributed by atoms with E-state index in [1.54, 1.807) is 40.0 Å². The normalized spacial score (nSPS) is 17.9. The SMILES string of the molecule is Cc1cc[nH]c1C(=O)N1CCC[C@H]1C(=O)Nc1ccc(C=Cc2ccc(NC(=O)[C@@H]3CCCN3C(=O)c3nccn3C)cc2)cc1. The zero-order valence-electron chi connectivity index (χ0n) is 25.9. The van der Waals surface area contributed by atoms with Gasteiger partial charge in [0.05, 0.1) is 0 Å². The summed E-state index contributed by atoms with van der Waals surface area (Å²) in [7, 11) is 1.76. The van der Waals surface area contributed by atoms with Gasteiger partial charge >= 0.3 is 0 Å². The van der Waals surface area contributed by atoms with Gasteiger partial charge in [-0.15, -0.1) is 0 Å². The summed E-state index contributed by atoms with van der Waals surface area (Å²) in [5, 5.41) is 5.91. The maximum Gasteiger partial charge on any atom is 0.290 e. The Morgan fingerprint density at radius 1 is 0.783 bits per heavy atom. The molecule has 6 rings (SSSR count). The van der Waals surface area contributed by atoms with E-state index >= 15 is 0 Å². The first-order valence-corrected chi connectivity index (χ1v) is 15.5. The highest BCUT2D eigenvalue weighted by Gasteiger charge is 2.37. The van der Waals surface area contributed by atoms with Crippen molar-refractivity contribution in [2.45, 2.75) is 44.7 Å². The van der Waals surface area contributed by atoms with Crippen LogP contribution >= 0.6 is 0 Å². The van der Waals surface area contributed by atoms with Crippen molar-refractivity contribution in [1.82, 2.24) is 24.3 Å². The third kappa shape index (κ3) is 6.49. The highest BCUT2D eigenvalue weighted by atomic mass is 16.2. The monoisotopic (exact) mass is 619 g/mol. The number of carbonyl (C=O) groups excluding carboxylic acids is 4. The molecule has 4 heterocycles. The lowest BCUT2D eigenvalue weighted by molar-refractivity contribution is -0.120. The lowest BCUT2D eigenvalue weighted by Crippen LogP contribution is -2.43. The van der Waals surface area contributed by atoms with Gasteiger partial charge in [-0.1, -0.05) is 36.4 Å². The predicted octanol–water partition coefficient (Wildman–Crippen LogP) is 4.71. The number of hydrogen-bond donors (Lipinski definition) is 3. The molecular formula is C35H37N7O4. The van der Waals surface area contributed by atoms with Crippen molar-refractivity contribution in [3.63, 3.8) is 0 Å². The van der Waals surface area contributed by atoms with Gasteiger partial charge in [0, 0.05) is 50.1 Å². The van der Waals surface area contributed by atoms with Gasteiger partial charge in [-0.2, -0.15) is 0 Å². The highest BCUT2D eigenvalue weighted by Crippen LogP contribution is 2.24. The largest absolute Gasteiger partial charge is 0.357 e. The van der Waals surface area contributed by atoms with Crippen LogP contribution in [-0.2, 0) is 16.6 Å². The van der Waals surface area contributed by atoms with Crippen molar-refractivity contribution in [3.8, 4) is 0 Å². The van der Waals surface area contributed by atoms with Gasteiger partial charge in [0.15, 0.2) is 5.82 Å². The molecule has 2 saturated heterocycles. The number of rotatable bonds is 8. The molecule has 2 aliphatic rings. The number of aryl methyl sites for hydroxylation is 2. The number of aromatic nitrogens is 3. The van der Waals surface area contributed by atoms with E-state index in [1.165, 1.54) is 0 Å². The molecule has 0 aliphatic carbocycles. The molecule has 46 heavy (non-hydrogen) atoms. The van der Waals surface area contributed by atoms with Crippen molar-refractivity contribution < 1.29 is 19.2 Å². The molecule has 2 fully saturated rings. The summed E-state index contributed by atoms with van der Waals surface area (Å²) < 4.78 is 1.66. The third-order valence-corrected chi connectivity index (χ3v) is 8.64. The zero-order valence-corrected chi connectivity index (χ0v) is 25.9. The topological polar surface area (TPSA) is 132 Å². The minimum atomic E-state index is -0.537. The molecule has 0 bridgehead atoms. The summed E-state index contributed by atoms with van der Waals surface area (Å²) in [4.78, 5) is 62.5. The number of H-pyrrole nitrogens is 1. The molecule has 0 unspecified atom stereocenters. The van der Waals surface area contributed by atoms with E-state index in [1.807, 2.05) is 73.7 Å². The fourth-order valence-corrected chi connectivity index (χ4v) is 6.08. The number of amides is 4. The van der Waals surface area contributed by atoms with Crippen molar-refractivity contribution in [2.24, 2.45) is 7.05 Å². The van der Waals surface area contributed by atoms with Crippen LogP contribution in [0.1, 0.15) is 63.5 Å². The number of nitrogens with one attached hydrogen (secondary N) is 3. The van der Waals surface area contributed by atoms with Crippen LogP contribution in [0, 0.1) is 6.92 Å². The average molecular weight is 620 g/mol. The molecule has 0 saturated carbocycles. The van der Waals surface area contributed by atoms with Crippen molar-refractivity contribution in [1.29, 1.82) is 0 Å². The number of carbonyl (C=O) groups is 4. The highest BCUT2D eigenvalue weighted by molar-refractivity contribution is 6.02. The van der Waals surface area contributed by atoms with Crippen LogP contribution in [0.3, 0.4) is 0 Å². The summed E-state index contributed by atoms with van der Waals surface area (Å²) >= 11 is 0. The number of nitrogens with zero attached hydrogens (tertiary/aromatic N) is 4. The number of likely N-dealkylation sites (tertiary alicyclic amines) is 2. The van der Waals surface area contributed by atoms with E-state index in [9.17, 15) is 19.2 Å². The minimum absolute atomic E-state index is 0.149. The smallest absolute Gasteiger partial charge is 0.290 e. The fraction of sp³-hybridized carbons (Fsp3) is 0.286. The van der Waals surface area contributed by atoms with E-state index in [-0.39, 0.29) is 23.6 Å². The number of aromatic amines is 1. The van der Waals surface area contributed by atoms with Gasteiger partial charge in [0.2, 0.25) is 11.8 Å². The Morgan fingerprint density at radius 3 is 1.76 bits per heavy atom. The maximum atomic E-state index is 13.1. The summed E-state index contributed by atoms with van der Waals surface area (Å²) in [6.07, 6.45) is 11.7. The molecule has 2 aromatic heterocycles. The van der Waals surface area contributed by atoms with Crippen LogP contribution in [0.4, 0.5) is 11.4 Å². The number of imidazole rings is 1. The Balaban J connectivity index is 1.01. The van der Waals surface area contributed by atoms with E-state index in [2.05, 4.69) is 20.6 Å². The lowest BCUT2D eigenvalue weighted by Gasteiger charge is -2.24. The van der Waals surface area contributed by atoms with E-state index < -0.39 is 12.1 Å². The molecule has 0 spiro atoms. The summed E-state index contributed by atoms with van der Waals surface area (Å²) in [5.74, 6) is -0.465. The zero-order chi connectivity index (χ0) is 32.2. The first kappa shape index (κ1) is 30.6. The van der Waals surface area contributed by atoms with Crippen molar-refractivity contribution in [2.75, 3.05) is 23.7 Å². The minimum Gasteiger partial charge on any atom is -0.357 e. The average Bonchev–Trinajstić information content (AvgIpc) is 3.88. The number of hydrogen-bond acceptors (Lipinski definition) is 5. The second kappa shape index (κ2) is 13.3. The molecule has 0 radical (unpaired) electrons. The van der Waals surface area contributed by atoms with Gasteiger partial charge in [-0.05, 0) is 79.6 Å². The quantitative estimate of drug-likeness (QED) is 0.246. The van der Waals surface area contributed by atoms with E-state index in [4.69, 9.17) is 0 Å². The number of anilines is 2. The standard InChI is InChI=1S/C35H37N7O4/c1-23-17-18-36-30(23)34(45)41-20-3-5-28(41)32(43)38-26-13-9-24(10-14-26)7-8-25-11-15-27(16-12-25)39-33(44)29-6-4-21-42(29)35(46)31-37-19-22-40(31)2/h7-19,22,28-29,36H,3-6,20-21H2,1-2H3,(H,38,43)(H,39,44)/t28-,29-/m0/s1.